The molecular formula is C10H20N4O2. The molecule has 5 N–H and O–H groups in total. The molecule has 0 bridgehead atoms. The summed E-state index contributed by atoms with van der Waals surface area (Å²) in [5.74, 6) is 0.309. The third-order valence-electron chi connectivity index (χ3n) is 2.96. The van der Waals surface area contributed by atoms with Crippen LogP contribution in [0.2, 0.25) is 0 Å². The third kappa shape index (κ3) is 4.59. The normalized spacial score (nSPS) is 18.3. The Balaban J connectivity index is 2.14. The average molecular weight is 228 g/mol. The summed E-state index contributed by atoms with van der Waals surface area (Å²) in [6.45, 7) is 3.38. The van der Waals surface area contributed by atoms with Gasteiger partial charge in [-0.15, -0.1) is 0 Å². The summed E-state index contributed by atoms with van der Waals surface area (Å²) in [6.07, 6.45) is 2.50. The van der Waals surface area contributed by atoms with Crippen molar-refractivity contribution >= 4 is 11.9 Å². The lowest BCUT2D eigenvalue weighted by Crippen LogP contribution is -2.40. The van der Waals surface area contributed by atoms with Crippen molar-refractivity contribution in [3.63, 3.8) is 0 Å². The molecule has 1 fully saturated rings. The van der Waals surface area contributed by atoms with Gasteiger partial charge in [0.25, 0.3) is 0 Å². The fourth-order valence-electron chi connectivity index (χ4n) is 1.91. The molecule has 16 heavy (non-hydrogen) atoms. The second-order valence-corrected chi connectivity index (χ2v) is 4.18. The number of carbonyl (C=O) groups excluding carboxylic acids is 2. The maximum atomic E-state index is 11.2. The van der Waals surface area contributed by atoms with E-state index in [1.807, 2.05) is 0 Å². The van der Waals surface area contributed by atoms with E-state index in [4.69, 9.17) is 11.5 Å². The molecule has 0 unspecified atom stereocenters. The zero-order chi connectivity index (χ0) is 12.0. The van der Waals surface area contributed by atoms with Gasteiger partial charge in [-0.05, 0) is 38.4 Å². The van der Waals surface area contributed by atoms with Crippen LogP contribution in [0.4, 0.5) is 4.79 Å². The summed E-state index contributed by atoms with van der Waals surface area (Å²) >= 11 is 0. The molecule has 1 aliphatic heterocycles. The van der Waals surface area contributed by atoms with Crippen molar-refractivity contribution in [2.24, 2.45) is 17.4 Å². The molecule has 6 nitrogen and oxygen atoms in total. The number of primary amides is 1. The van der Waals surface area contributed by atoms with Crippen LogP contribution in [0.25, 0.3) is 0 Å². The zero-order valence-corrected chi connectivity index (χ0v) is 9.45. The SMILES string of the molecule is NCC1CCN(CCC(=O)NC(N)=O)CC1. The smallest absolute Gasteiger partial charge is 0.318 e. The van der Waals surface area contributed by atoms with Gasteiger partial charge in [0.1, 0.15) is 0 Å². The third-order valence-corrected chi connectivity index (χ3v) is 2.96. The summed E-state index contributed by atoms with van der Waals surface area (Å²) in [7, 11) is 0. The van der Waals surface area contributed by atoms with E-state index in [0.29, 0.717) is 18.9 Å². The Labute approximate surface area is 95.3 Å². The maximum absolute atomic E-state index is 11.2. The molecule has 0 aliphatic carbocycles. The van der Waals surface area contributed by atoms with E-state index >= 15 is 0 Å². The van der Waals surface area contributed by atoms with Crippen LogP contribution in [0, 0.1) is 5.92 Å². The van der Waals surface area contributed by atoms with Gasteiger partial charge in [-0.25, -0.2) is 4.79 Å². The van der Waals surface area contributed by atoms with Gasteiger partial charge < -0.3 is 16.4 Å². The number of carbonyl (C=O) groups is 2. The molecule has 0 spiro atoms. The highest BCUT2D eigenvalue weighted by molar-refractivity contribution is 5.93. The largest absolute Gasteiger partial charge is 0.351 e. The predicted octanol–water partition coefficient (Wildman–Crippen LogP) is -0.758. The topological polar surface area (TPSA) is 101 Å². The fraction of sp³-hybridized carbons (Fsp3) is 0.800. The summed E-state index contributed by atoms with van der Waals surface area (Å²) in [5.41, 5.74) is 10.4. The molecule has 0 saturated carbocycles. The van der Waals surface area contributed by atoms with Crippen LogP contribution >= 0.6 is 0 Å². The van der Waals surface area contributed by atoms with Crippen LogP contribution in [0.3, 0.4) is 0 Å². The van der Waals surface area contributed by atoms with Crippen molar-refractivity contribution in [2.45, 2.75) is 19.3 Å². The van der Waals surface area contributed by atoms with E-state index in [0.717, 1.165) is 32.5 Å². The summed E-state index contributed by atoms with van der Waals surface area (Å²) in [6, 6.07) is -0.785. The van der Waals surface area contributed by atoms with E-state index < -0.39 is 6.03 Å². The number of likely N-dealkylation sites (tertiary alicyclic amines) is 1. The van der Waals surface area contributed by atoms with Gasteiger partial charge in [-0.3, -0.25) is 10.1 Å². The number of rotatable bonds is 4. The first-order valence-electron chi connectivity index (χ1n) is 5.63. The number of imide groups is 1. The highest BCUT2D eigenvalue weighted by Crippen LogP contribution is 2.15. The van der Waals surface area contributed by atoms with E-state index in [1.54, 1.807) is 0 Å². The minimum Gasteiger partial charge on any atom is -0.351 e. The average Bonchev–Trinajstić information content (AvgIpc) is 2.26. The zero-order valence-electron chi connectivity index (χ0n) is 9.45. The number of urea groups is 1. The number of piperidine rings is 1. The van der Waals surface area contributed by atoms with Gasteiger partial charge in [0.05, 0.1) is 0 Å². The highest BCUT2D eigenvalue weighted by atomic mass is 16.2. The Kier molecular flexibility index (Phi) is 5.21. The molecule has 0 aromatic heterocycles. The number of nitrogens with zero attached hydrogens (tertiary/aromatic N) is 1. The van der Waals surface area contributed by atoms with Crippen molar-refractivity contribution in [1.29, 1.82) is 0 Å². The standard InChI is InChI=1S/C10H20N4O2/c11-7-8-1-4-14(5-2-8)6-3-9(15)13-10(12)16/h8H,1-7,11H2,(H3,12,13,15,16). The fourth-order valence-corrected chi connectivity index (χ4v) is 1.91. The van der Waals surface area contributed by atoms with Crippen LogP contribution in [0.1, 0.15) is 19.3 Å². The predicted molar refractivity (Wildman–Crippen MR) is 60.6 cm³/mol. The first kappa shape index (κ1) is 12.9. The van der Waals surface area contributed by atoms with Gasteiger partial charge in [0.15, 0.2) is 0 Å². The van der Waals surface area contributed by atoms with Crippen LogP contribution in [0.5, 0.6) is 0 Å². The molecule has 0 atom stereocenters. The van der Waals surface area contributed by atoms with Gasteiger partial charge in [-0.1, -0.05) is 0 Å². The Hall–Kier alpha value is -1.14. The first-order chi connectivity index (χ1) is 7.61. The molecule has 1 heterocycles. The number of hydrogen-bond acceptors (Lipinski definition) is 4. The number of nitrogens with two attached hydrogens (primary N) is 2. The molecule has 0 aromatic rings. The quantitative estimate of drug-likeness (QED) is 0.588. The van der Waals surface area contributed by atoms with Crippen LogP contribution < -0.4 is 16.8 Å². The lowest BCUT2D eigenvalue weighted by molar-refractivity contribution is -0.120. The molecule has 1 aliphatic rings. The Morgan fingerprint density at radius 3 is 2.44 bits per heavy atom. The summed E-state index contributed by atoms with van der Waals surface area (Å²) in [5, 5.41) is 2.06. The van der Waals surface area contributed by atoms with Crippen molar-refractivity contribution in [1.82, 2.24) is 10.2 Å². The van der Waals surface area contributed by atoms with E-state index in [-0.39, 0.29) is 5.91 Å². The molecular weight excluding hydrogens is 208 g/mol. The number of amides is 3. The monoisotopic (exact) mass is 228 g/mol. The lowest BCUT2D eigenvalue weighted by atomic mass is 9.97. The van der Waals surface area contributed by atoms with E-state index in [9.17, 15) is 9.59 Å². The Morgan fingerprint density at radius 1 is 1.31 bits per heavy atom. The summed E-state index contributed by atoms with van der Waals surface area (Å²) in [4.78, 5) is 23.8. The number of hydrogen-bond donors (Lipinski definition) is 3. The molecule has 0 aromatic carbocycles. The van der Waals surface area contributed by atoms with Gasteiger partial charge in [0, 0.05) is 13.0 Å². The molecule has 3 amide bonds. The van der Waals surface area contributed by atoms with E-state index in [2.05, 4.69) is 10.2 Å². The van der Waals surface area contributed by atoms with Crippen LogP contribution in [-0.2, 0) is 4.79 Å². The molecule has 92 valence electrons. The van der Waals surface area contributed by atoms with Crippen LogP contribution in [-0.4, -0.2) is 43.0 Å². The molecule has 1 saturated heterocycles. The lowest BCUT2D eigenvalue weighted by Gasteiger charge is -2.30. The minimum absolute atomic E-state index is 0.312. The van der Waals surface area contributed by atoms with E-state index in [1.165, 1.54) is 0 Å². The van der Waals surface area contributed by atoms with Gasteiger partial charge in [-0.2, -0.15) is 0 Å². The van der Waals surface area contributed by atoms with Crippen molar-refractivity contribution in [2.75, 3.05) is 26.2 Å². The van der Waals surface area contributed by atoms with Crippen LogP contribution in [0.15, 0.2) is 0 Å². The second kappa shape index (κ2) is 6.44. The van der Waals surface area contributed by atoms with Gasteiger partial charge in [0.2, 0.25) is 5.91 Å². The maximum Gasteiger partial charge on any atom is 0.318 e. The first-order valence-corrected chi connectivity index (χ1v) is 5.63. The van der Waals surface area contributed by atoms with Crippen molar-refractivity contribution in [3.8, 4) is 0 Å². The molecule has 6 heteroatoms. The highest BCUT2D eigenvalue weighted by Gasteiger charge is 2.18. The number of nitrogens with one attached hydrogen (secondary N) is 1. The Morgan fingerprint density at radius 2 is 1.94 bits per heavy atom. The Bertz CT molecular complexity index is 249. The van der Waals surface area contributed by atoms with Crippen molar-refractivity contribution in [3.05, 3.63) is 0 Å². The van der Waals surface area contributed by atoms with Crippen molar-refractivity contribution < 1.29 is 9.59 Å². The molecule has 1 rings (SSSR count). The summed E-state index contributed by atoms with van der Waals surface area (Å²) < 4.78 is 0. The second-order valence-electron chi connectivity index (χ2n) is 4.18. The molecule has 0 radical (unpaired) electrons. The van der Waals surface area contributed by atoms with Gasteiger partial charge >= 0.3 is 6.03 Å². The minimum atomic E-state index is -0.785.